The van der Waals surface area contributed by atoms with Crippen molar-refractivity contribution in [3.63, 3.8) is 0 Å². The number of rotatable bonds is 5. The fourth-order valence-corrected chi connectivity index (χ4v) is 2.08. The zero-order chi connectivity index (χ0) is 18.5. The molecule has 26 heavy (non-hydrogen) atoms. The summed E-state index contributed by atoms with van der Waals surface area (Å²) in [7, 11) is 0. The quantitative estimate of drug-likeness (QED) is 0.524. The molecule has 0 fully saturated rings. The molecule has 9 heteroatoms. The molecule has 0 unspecified atom stereocenters. The highest BCUT2D eigenvalue weighted by atomic mass is 19.2. The van der Waals surface area contributed by atoms with Crippen LogP contribution in [0.5, 0.6) is 0 Å². The van der Waals surface area contributed by atoms with Gasteiger partial charge in [-0.25, -0.2) is 18.7 Å². The molecule has 1 amide bonds. The van der Waals surface area contributed by atoms with E-state index in [1.807, 2.05) is 0 Å². The molecule has 0 aliphatic heterocycles. The van der Waals surface area contributed by atoms with Gasteiger partial charge in [-0.05, 0) is 24.3 Å². The van der Waals surface area contributed by atoms with Crippen LogP contribution >= 0.6 is 0 Å². The summed E-state index contributed by atoms with van der Waals surface area (Å²) in [6, 6.07) is 11.9. The largest absolute Gasteiger partial charge is 0.393 e. The maximum atomic E-state index is 13.3. The first-order valence-corrected chi connectivity index (χ1v) is 7.48. The molecule has 3 aromatic rings. The standard InChI is InChI=1S/C17H14F2N6O/c18-12-7-6-11(8-13(12)19)23-15-14(20)16(22-9-21-15)24-25-17(26)10-4-2-1-3-5-10/h1-9H,20H2,(H,25,26)(H2,21,22,23,24). The lowest BCUT2D eigenvalue weighted by Crippen LogP contribution is -2.30. The minimum Gasteiger partial charge on any atom is -0.393 e. The van der Waals surface area contributed by atoms with Crippen LogP contribution in [0, 0.1) is 11.6 Å². The van der Waals surface area contributed by atoms with E-state index in [-0.39, 0.29) is 28.9 Å². The fourth-order valence-electron chi connectivity index (χ4n) is 2.08. The molecule has 7 nitrogen and oxygen atoms in total. The second-order valence-electron chi connectivity index (χ2n) is 5.18. The number of amides is 1. The number of carbonyl (C=O) groups excluding carboxylic acids is 1. The Morgan fingerprint density at radius 2 is 1.69 bits per heavy atom. The number of hydrogen-bond donors (Lipinski definition) is 4. The highest BCUT2D eigenvalue weighted by molar-refractivity contribution is 5.95. The number of nitrogens with one attached hydrogen (secondary N) is 3. The molecule has 0 spiro atoms. The normalized spacial score (nSPS) is 10.2. The number of hydrogen-bond acceptors (Lipinski definition) is 6. The lowest BCUT2D eigenvalue weighted by atomic mass is 10.2. The smallest absolute Gasteiger partial charge is 0.269 e. The number of aromatic nitrogens is 2. The number of anilines is 4. The van der Waals surface area contributed by atoms with E-state index in [9.17, 15) is 13.6 Å². The van der Waals surface area contributed by atoms with Gasteiger partial charge in [0.05, 0.1) is 0 Å². The Hall–Kier alpha value is -3.75. The summed E-state index contributed by atoms with van der Waals surface area (Å²) in [6.45, 7) is 0. The third-order valence-corrected chi connectivity index (χ3v) is 3.40. The molecule has 0 saturated heterocycles. The van der Waals surface area contributed by atoms with Crippen molar-refractivity contribution in [3.05, 3.63) is 72.1 Å². The zero-order valence-corrected chi connectivity index (χ0v) is 13.3. The van der Waals surface area contributed by atoms with Gasteiger partial charge in [-0.15, -0.1) is 0 Å². The first kappa shape index (κ1) is 17.1. The number of benzene rings is 2. The first-order valence-electron chi connectivity index (χ1n) is 7.48. The van der Waals surface area contributed by atoms with Gasteiger partial charge in [-0.2, -0.15) is 0 Å². The predicted molar refractivity (Wildman–Crippen MR) is 93.6 cm³/mol. The molecule has 1 heterocycles. The summed E-state index contributed by atoms with van der Waals surface area (Å²) in [5.74, 6) is -2.02. The molecule has 0 atom stereocenters. The van der Waals surface area contributed by atoms with Gasteiger partial charge in [0.25, 0.3) is 5.91 Å². The van der Waals surface area contributed by atoms with Gasteiger partial charge in [-0.3, -0.25) is 15.6 Å². The Morgan fingerprint density at radius 3 is 2.42 bits per heavy atom. The van der Waals surface area contributed by atoms with Crippen molar-refractivity contribution in [1.29, 1.82) is 0 Å². The molecule has 5 N–H and O–H groups in total. The molecule has 0 bridgehead atoms. The van der Waals surface area contributed by atoms with Gasteiger partial charge in [0.2, 0.25) is 0 Å². The number of halogens is 2. The van der Waals surface area contributed by atoms with E-state index in [0.29, 0.717) is 5.56 Å². The van der Waals surface area contributed by atoms with Crippen LogP contribution < -0.4 is 21.9 Å². The second kappa shape index (κ2) is 7.43. The van der Waals surface area contributed by atoms with Crippen molar-refractivity contribution >= 4 is 28.9 Å². The summed E-state index contributed by atoms with van der Waals surface area (Å²) in [5, 5.41) is 2.76. The Morgan fingerprint density at radius 1 is 0.962 bits per heavy atom. The van der Waals surface area contributed by atoms with Gasteiger partial charge < -0.3 is 11.1 Å². The van der Waals surface area contributed by atoms with E-state index >= 15 is 0 Å². The third kappa shape index (κ3) is 3.83. The molecular weight excluding hydrogens is 342 g/mol. The van der Waals surface area contributed by atoms with Crippen LogP contribution in [0.4, 0.5) is 31.8 Å². The maximum absolute atomic E-state index is 13.3. The number of nitrogens with two attached hydrogens (primary N) is 1. The molecule has 132 valence electrons. The first-order chi connectivity index (χ1) is 12.5. The Kier molecular flexibility index (Phi) is 4.88. The minimum atomic E-state index is -1.00. The molecule has 1 aromatic heterocycles. The monoisotopic (exact) mass is 356 g/mol. The minimum absolute atomic E-state index is 0.0885. The van der Waals surface area contributed by atoms with E-state index < -0.39 is 11.6 Å². The lowest BCUT2D eigenvalue weighted by Gasteiger charge is -2.13. The van der Waals surface area contributed by atoms with Gasteiger partial charge in [0.15, 0.2) is 23.3 Å². The molecule has 2 aromatic carbocycles. The van der Waals surface area contributed by atoms with Crippen LogP contribution in [0.25, 0.3) is 0 Å². The highest BCUT2D eigenvalue weighted by Gasteiger charge is 2.11. The average Bonchev–Trinajstić information content (AvgIpc) is 2.66. The Balaban J connectivity index is 1.72. The van der Waals surface area contributed by atoms with Crippen LogP contribution in [-0.2, 0) is 0 Å². The van der Waals surface area contributed by atoms with E-state index in [4.69, 9.17) is 5.73 Å². The Bertz CT molecular complexity index is 936. The van der Waals surface area contributed by atoms with Gasteiger partial charge in [0.1, 0.15) is 12.0 Å². The highest BCUT2D eigenvalue weighted by Crippen LogP contribution is 2.26. The SMILES string of the molecule is Nc1c(NNC(=O)c2ccccc2)ncnc1Nc1ccc(F)c(F)c1. The van der Waals surface area contributed by atoms with Crippen molar-refractivity contribution in [1.82, 2.24) is 15.4 Å². The Labute approximate surface area is 147 Å². The molecule has 0 saturated carbocycles. The lowest BCUT2D eigenvalue weighted by molar-refractivity contribution is 0.0962. The summed E-state index contributed by atoms with van der Waals surface area (Å²) in [5.41, 5.74) is 11.8. The molecular formula is C17H14F2N6O. The van der Waals surface area contributed by atoms with E-state index in [1.165, 1.54) is 12.4 Å². The van der Waals surface area contributed by atoms with E-state index in [2.05, 4.69) is 26.1 Å². The van der Waals surface area contributed by atoms with Crippen molar-refractivity contribution in [3.8, 4) is 0 Å². The number of hydrazine groups is 1. The van der Waals surface area contributed by atoms with E-state index in [1.54, 1.807) is 30.3 Å². The predicted octanol–water partition coefficient (Wildman–Crippen LogP) is 2.84. The van der Waals surface area contributed by atoms with Crippen LogP contribution in [-0.4, -0.2) is 15.9 Å². The molecule has 3 rings (SSSR count). The van der Waals surface area contributed by atoms with Gasteiger partial charge in [-0.1, -0.05) is 18.2 Å². The van der Waals surface area contributed by atoms with Crippen LogP contribution in [0.15, 0.2) is 54.9 Å². The summed E-state index contributed by atoms with van der Waals surface area (Å²) >= 11 is 0. The topological polar surface area (TPSA) is 105 Å². The fraction of sp³-hybridized carbons (Fsp3) is 0. The van der Waals surface area contributed by atoms with Crippen molar-refractivity contribution in [2.75, 3.05) is 16.5 Å². The van der Waals surface area contributed by atoms with Crippen molar-refractivity contribution in [2.45, 2.75) is 0 Å². The van der Waals surface area contributed by atoms with Crippen LogP contribution in [0.1, 0.15) is 10.4 Å². The molecule has 0 radical (unpaired) electrons. The van der Waals surface area contributed by atoms with Crippen molar-refractivity contribution in [2.24, 2.45) is 0 Å². The van der Waals surface area contributed by atoms with Gasteiger partial charge >= 0.3 is 0 Å². The molecule has 0 aliphatic carbocycles. The van der Waals surface area contributed by atoms with Crippen molar-refractivity contribution < 1.29 is 13.6 Å². The van der Waals surface area contributed by atoms with Gasteiger partial charge in [0, 0.05) is 17.3 Å². The third-order valence-electron chi connectivity index (χ3n) is 3.40. The maximum Gasteiger partial charge on any atom is 0.269 e. The summed E-state index contributed by atoms with van der Waals surface area (Å²) in [4.78, 5) is 19.9. The van der Waals surface area contributed by atoms with E-state index in [0.717, 1.165) is 12.1 Å². The zero-order valence-electron chi connectivity index (χ0n) is 13.3. The van der Waals surface area contributed by atoms with Crippen LogP contribution in [0.2, 0.25) is 0 Å². The average molecular weight is 356 g/mol. The number of nitrogens with zero attached hydrogens (tertiary/aromatic N) is 2. The number of carbonyl (C=O) groups is 1. The number of nitrogen functional groups attached to an aromatic ring is 1. The molecule has 0 aliphatic rings. The van der Waals surface area contributed by atoms with Crippen LogP contribution in [0.3, 0.4) is 0 Å². The summed E-state index contributed by atoms with van der Waals surface area (Å²) < 4.78 is 26.3. The second-order valence-corrected chi connectivity index (χ2v) is 5.18. The summed E-state index contributed by atoms with van der Waals surface area (Å²) in [6.07, 6.45) is 1.20.